The third-order valence-corrected chi connectivity index (χ3v) is 6.55. The van der Waals surface area contributed by atoms with Crippen LogP contribution in [-0.4, -0.2) is 39.5 Å². The molecule has 1 amide bonds. The molecule has 2 aromatic heterocycles. The van der Waals surface area contributed by atoms with E-state index in [1.54, 1.807) is 35.9 Å². The molecule has 2 heterocycles. The lowest BCUT2D eigenvalue weighted by Gasteiger charge is -2.08. The van der Waals surface area contributed by atoms with Crippen LogP contribution in [0.25, 0.3) is 0 Å². The SMILES string of the molecule is COC(=O)c1cc(C)sc1NC(=O)CSc1nnc(COc2cc(Cl)ccc2Cl)n1C. The molecule has 3 rings (SSSR count). The van der Waals surface area contributed by atoms with E-state index in [-0.39, 0.29) is 18.3 Å². The van der Waals surface area contributed by atoms with Gasteiger partial charge in [-0.25, -0.2) is 4.79 Å². The number of esters is 1. The molecule has 0 fully saturated rings. The Labute approximate surface area is 196 Å². The number of rotatable bonds is 8. The highest BCUT2D eigenvalue weighted by Gasteiger charge is 2.18. The first-order valence-electron chi connectivity index (χ1n) is 8.86. The molecule has 3 aromatic rings. The minimum atomic E-state index is -0.495. The Morgan fingerprint density at radius 3 is 2.77 bits per heavy atom. The van der Waals surface area contributed by atoms with Crippen molar-refractivity contribution in [2.24, 2.45) is 7.05 Å². The Hall–Kier alpha value is -2.27. The molecule has 0 atom stereocenters. The van der Waals surface area contributed by atoms with Gasteiger partial charge in [-0.1, -0.05) is 35.0 Å². The summed E-state index contributed by atoms with van der Waals surface area (Å²) < 4.78 is 12.2. The number of halogens is 2. The molecule has 0 radical (unpaired) electrons. The molecule has 0 unspecified atom stereocenters. The Morgan fingerprint density at radius 2 is 2.03 bits per heavy atom. The van der Waals surface area contributed by atoms with Gasteiger partial charge < -0.3 is 19.4 Å². The smallest absolute Gasteiger partial charge is 0.340 e. The number of nitrogens with one attached hydrogen (secondary N) is 1. The summed E-state index contributed by atoms with van der Waals surface area (Å²) in [4.78, 5) is 25.1. The number of thiophene rings is 1. The predicted octanol–water partition coefficient (Wildman–Crippen LogP) is 4.59. The minimum Gasteiger partial charge on any atom is -0.484 e. The number of carbonyl (C=O) groups excluding carboxylic acids is 2. The fourth-order valence-corrected chi connectivity index (χ4v) is 4.47. The Kier molecular flexibility index (Phi) is 7.82. The van der Waals surface area contributed by atoms with E-state index in [0.717, 1.165) is 4.88 Å². The molecule has 164 valence electrons. The maximum atomic E-state index is 12.4. The molecule has 0 aliphatic carbocycles. The first-order chi connectivity index (χ1) is 14.8. The molecule has 0 bridgehead atoms. The summed E-state index contributed by atoms with van der Waals surface area (Å²) >= 11 is 14.6. The summed E-state index contributed by atoms with van der Waals surface area (Å²) in [6, 6.07) is 6.62. The second-order valence-electron chi connectivity index (χ2n) is 6.25. The average molecular weight is 501 g/mol. The number of aromatic nitrogens is 3. The Morgan fingerprint density at radius 1 is 1.26 bits per heavy atom. The Balaban J connectivity index is 1.58. The molecule has 1 N–H and O–H groups in total. The first kappa shape index (κ1) is 23.4. The van der Waals surface area contributed by atoms with E-state index in [9.17, 15) is 9.59 Å². The highest BCUT2D eigenvalue weighted by atomic mass is 35.5. The van der Waals surface area contributed by atoms with Gasteiger partial charge in [0.05, 0.1) is 23.4 Å². The maximum absolute atomic E-state index is 12.4. The summed E-state index contributed by atoms with van der Waals surface area (Å²) in [5, 5.41) is 12.9. The van der Waals surface area contributed by atoms with Gasteiger partial charge in [0.2, 0.25) is 5.91 Å². The van der Waals surface area contributed by atoms with Crippen molar-refractivity contribution >= 4 is 63.2 Å². The van der Waals surface area contributed by atoms with Gasteiger partial charge in [0.15, 0.2) is 11.0 Å². The van der Waals surface area contributed by atoms with Crippen LogP contribution in [0.2, 0.25) is 10.0 Å². The van der Waals surface area contributed by atoms with Gasteiger partial charge >= 0.3 is 5.97 Å². The van der Waals surface area contributed by atoms with E-state index in [0.29, 0.717) is 37.3 Å². The van der Waals surface area contributed by atoms with E-state index in [1.165, 1.54) is 30.2 Å². The third kappa shape index (κ3) is 5.91. The van der Waals surface area contributed by atoms with Crippen LogP contribution in [0.3, 0.4) is 0 Å². The lowest BCUT2D eigenvalue weighted by molar-refractivity contribution is -0.113. The van der Waals surface area contributed by atoms with Gasteiger partial charge in [-0.3, -0.25) is 4.79 Å². The van der Waals surface area contributed by atoms with Crippen LogP contribution < -0.4 is 10.1 Å². The van der Waals surface area contributed by atoms with E-state index >= 15 is 0 Å². The van der Waals surface area contributed by atoms with Crippen molar-refractivity contribution in [2.75, 3.05) is 18.2 Å². The van der Waals surface area contributed by atoms with E-state index < -0.39 is 5.97 Å². The number of methoxy groups -OCH3 is 1. The predicted molar refractivity (Wildman–Crippen MR) is 122 cm³/mol. The van der Waals surface area contributed by atoms with Crippen LogP contribution in [0, 0.1) is 6.92 Å². The van der Waals surface area contributed by atoms with Crippen LogP contribution in [0.5, 0.6) is 5.75 Å². The van der Waals surface area contributed by atoms with Gasteiger partial charge in [-0.2, -0.15) is 0 Å². The quantitative estimate of drug-likeness (QED) is 0.356. The molecule has 0 saturated carbocycles. The van der Waals surface area contributed by atoms with Gasteiger partial charge in [-0.15, -0.1) is 21.5 Å². The van der Waals surface area contributed by atoms with Crippen LogP contribution in [-0.2, 0) is 23.2 Å². The van der Waals surface area contributed by atoms with Crippen molar-refractivity contribution in [2.45, 2.75) is 18.7 Å². The molecule has 8 nitrogen and oxygen atoms in total. The monoisotopic (exact) mass is 500 g/mol. The molecule has 0 aliphatic rings. The topological polar surface area (TPSA) is 95.3 Å². The van der Waals surface area contributed by atoms with Crippen molar-refractivity contribution in [3.8, 4) is 5.75 Å². The van der Waals surface area contributed by atoms with Crippen molar-refractivity contribution in [1.29, 1.82) is 0 Å². The maximum Gasteiger partial charge on any atom is 0.340 e. The zero-order chi connectivity index (χ0) is 22.5. The summed E-state index contributed by atoms with van der Waals surface area (Å²) in [6.07, 6.45) is 0. The minimum absolute atomic E-state index is 0.0878. The standard InChI is InChI=1S/C19H18Cl2N4O4S2/c1-10-6-12(18(27)28-3)17(31-10)22-16(26)9-30-19-24-23-15(25(19)2)8-29-14-7-11(20)4-5-13(14)21/h4-7H,8-9H2,1-3H3,(H,22,26). The number of hydrogen-bond donors (Lipinski definition) is 1. The van der Waals surface area contributed by atoms with Crippen LogP contribution in [0.15, 0.2) is 29.4 Å². The largest absolute Gasteiger partial charge is 0.484 e. The summed E-state index contributed by atoms with van der Waals surface area (Å²) in [6.45, 7) is 1.98. The highest BCUT2D eigenvalue weighted by Crippen LogP contribution is 2.30. The molecular weight excluding hydrogens is 483 g/mol. The summed E-state index contributed by atoms with van der Waals surface area (Å²) in [7, 11) is 3.07. The molecule has 1 aromatic carbocycles. The zero-order valence-electron chi connectivity index (χ0n) is 16.8. The van der Waals surface area contributed by atoms with Crippen LogP contribution in [0.1, 0.15) is 21.1 Å². The van der Waals surface area contributed by atoms with Gasteiger partial charge in [0.1, 0.15) is 17.4 Å². The molecule has 0 saturated heterocycles. The zero-order valence-corrected chi connectivity index (χ0v) is 19.9. The molecular formula is C19H18Cl2N4O4S2. The van der Waals surface area contributed by atoms with Crippen molar-refractivity contribution in [3.05, 3.63) is 50.6 Å². The van der Waals surface area contributed by atoms with Crippen LogP contribution in [0.4, 0.5) is 5.00 Å². The van der Waals surface area contributed by atoms with Crippen LogP contribution >= 0.6 is 46.3 Å². The molecule has 0 spiro atoms. The van der Waals surface area contributed by atoms with E-state index in [2.05, 4.69) is 15.5 Å². The lowest BCUT2D eigenvalue weighted by atomic mass is 10.3. The number of carbonyl (C=O) groups is 2. The number of thioether (sulfide) groups is 1. The number of amides is 1. The third-order valence-electron chi connectivity index (χ3n) is 4.02. The normalized spacial score (nSPS) is 10.7. The molecule has 12 heteroatoms. The second kappa shape index (κ2) is 10.4. The second-order valence-corrected chi connectivity index (χ2v) is 9.29. The molecule has 31 heavy (non-hydrogen) atoms. The number of anilines is 1. The van der Waals surface area contributed by atoms with Crippen molar-refractivity contribution in [3.63, 3.8) is 0 Å². The number of benzene rings is 1. The fraction of sp³-hybridized carbons (Fsp3) is 0.263. The number of hydrogen-bond acceptors (Lipinski definition) is 8. The number of aryl methyl sites for hydroxylation is 1. The van der Waals surface area contributed by atoms with Gasteiger partial charge in [0, 0.05) is 23.0 Å². The highest BCUT2D eigenvalue weighted by molar-refractivity contribution is 7.99. The fourth-order valence-electron chi connectivity index (χ4n) is 2.49. The summed E-state index contributed by atoms with van der Waals surface area (Å²) in [5.74, 6) is 0.317. The van der Waals surface area contributed by atoms with Crippen molar-refractivity contribution in [1.82, 2.24) is 14.8 Å². The van der Waals surface area contributed by atoms with E-state index in [1.807, 2.05) is 6.92 Å². The van der Waals surface area contributed by atoms with Gasteiger partial charge in [0.25, 0.3) is 0 Å². The van der Waals surface area contributed by atoms with E-state index in [4.69, 9.17) is 32.7 Å². The first-order valence-corrected chi connectivity index (χ1v) is 11.4. The van der Waals surface area contributed by atoms with Gasteiger partial charge in [-0.05, 0) is 25.1 Å². The Bertz CT molecular complexity index is 1120. The average Bonchev–Trinajstić information content (AvgIpc) is 3.28. The lowest BCUT2D eigenvalue weighted by Crippen LogP contribution is -2.16. The van der Waals surface area contributed by atoms with Crippen molar-refractivity contribution < 1.29 is 19.1 Å². The number of ether oxygens (including phenoxy) is 2. The summed E-state index contributed by atoms with van der Waals surface area (Å²) in [5.41, 5.74) is 0.334. The number of nitrogens with zero attached hydrogens (tertiary/aromatic N) is 3. The molecule has 0 aliphatic heterocycles.